The van der Waals surface area contributed by atoms with Gasteiger partial charge < -0.3 is 19.3 Å². The highest BCUT2D eigenvalue weighted by Crippen LogP contribution is 2.31. The van der Waals surface area contributed by atoms with Crippen molar-refractivity contribution in [3.63, 3.8) is 0 Å². The van der Waals surface area contributed by atoms with Crippen molar-refractivity contribution in [3.8, 4) is 11.5 Å². The Balaban J connectivity index is 1.61. The van der Waals surface area contributed by atoms with E-state index in [9.17, 15) is 9.59 Å². The number of benzene rings is 2. The molecule has 0 unspecified atom stereocenters. The van der Waals surface area contributed by atoms with Gasteiger partial charge in [0.25, 0.3) is 5.91 Å². The van der Waals surface area contributed by atoms with Crippen LogP contribution in [0.3, 0.4) is 0 Å². The zero-order valence-corrected chi connectivity index (χ0v) is 18.4. The minimum Gasteiger partial charge on any atom is -0.493 e. The molecule has 1 fully saturated rings. The largest absolute Gasteiger partial charge is 0.493 e. The zero-order chi connectivity index (χ0) is 21.7. The molecule has 2 aromatic rings. The predicted octanol–water partition coefficient (Wildman–Crippen LogP) is 4.19. The molecule has 0 radical (unpaired) electrons. The van der Waals surface area contributed by atoms with Gasteiger partial charge in [0.2, 0.25) is 5.91 Å². The zero-order valence-electron chi connectivity index (χ0n) is 17.6. The van der Waals surface area contributed by atoms with Crippen LogP contribution in [0.25, 0.3) is 0 Å². The Morgan fingerprint density at radius 2 is 1.90 bits per heavy atom. The van der Waals surface area contributed by atoms with E-state index >= 15 is 0 Å². The number of rotatable bonds is 8. The fourth-order valence-corrected chi connectivity index (χ4v) is 3.85. The molecule has 0 aromatic heterocycles. The number of carbonyl (C=O) groups is 2. The highest BCUT2D eigenvalue weighted by atomic mass is 35.5. The molecule has 1 heterocycles. The highest BCUT2D eigenvalue weighted by Gasteiger charge is 2.25. The number of hydrogen-bond acceptors (Lipinski definition) is 4. The molecule has 0 saturated carbocycles. The Hall–Kier alpha value is -2.73. The van der Waals surface area contributed by atoms with Gasteiger partial charge in [0.05, 0.1) is 24.9 Å². The molecule has 0 aliphatic carbocycles. The molecule has 0 spiro atoms. The second-order valence-electron chi connectivity index (χ2n) is 7.33. The molecule has 160 valence electrons. The minimum atomic E-state index is -0.0909. The first-order valence-electron chi connectivity index (χ1n) is 10.0. The summed E-state index contributed by atoms with van der Waals surface area (Å²) in [5, 5.41) is 0.484. The Morgan fingerprint density at radius 3 is 2.57 bits per heavy atom. The van der Waals surface area contributed by atoms with E-state index in [1.54, 1.807) is 49.3 Å². The summed E-state index contributed by atoms with van der Waals surface area (Å²) < 4.78 is 10.6. The van der Waals surface area contributed by atoms with Crippen LogP contribution in [-0.2, 0) is 11.2 Å². The molecule has 1 saturated heterocycles. The van der Waals surface area contributed by atoms with Gasteiger partial charge in [0.15, 0.2) is 11.5 Å². The highest BCUT2D eigenvalue weighted by molar-refractivity contribution is 6.34. The monoisotopic (exact) mass is 430 g/mol. The van der Waals surface area contributed by atoms with Gasteiger partial charge in [-0.05, 0) is 55.2 Å². The summed E-state index contributed by atoms with van der Waals surface area (Å²) in [4.78, 5) is 28.3. The first-order valence-corrected chi connectivity index (χ1v) is 10.4. The van der Waals surface area contributed by atoms with Crippen LogP contribution in [-0.4, -0.2) is 51.1 Å². The van der Waals surface area contributed by atoms with Crippen molar-refractivity contribution in [1.82, 2.24) is 4.90 Å². The average Bonchev–Trinajstić information content (AvgIpc) is 3.18. The summed E-state index contributed by atoms with van der Waals surface area (Å²) >= 11 is 6.29. The summed E-state index contributed by atoms with van der Waals surface area (Å²) in [6, 6.07) is 11.0. The molecule has 0 atom stereocenters. The molecule has 1 aliphatic rings. The molecule has 7 heteroatoms. The molecule has 2 aromatic carbocycles. The van der Waals surface area contributed by atoms with E-state index in [1.165, 1.54) is 0 Å². The predicted molar refractivity (Wildman–Crippen MR) is 118 cm³/mol. The second-order valence-corrected chi connectivity index (χ2v) is 7.74. The normalized spacial score (nSPS) is 13.5. The van der Waals surface area contributed by atoms with Crippen LogP contribution in [0, 0.1) is 0 Å². The first-order chi connectivity index (χ1) is 14.4. The van der Waals surface area contributed by atoms with Crippen molar-refractivity contribution in [3.05, 3.63) is 52.5 Å². The third kappa shape index (κ3) is 4.87. The average molecular weight is 431 g/mol. The standard InChI is InChI=1S/C23H27ClN2O4/c1-25(12-4-6-16-8-11-20(29-2)21(14-16)30-3)23(28)17-9-10-18(24)19(15-17)26-13-5-7-22(26)27/h8-11,14-15H,4-7,12-13H2,1-3H3. The van der Waals surface area contributed by atoms with Crippen LogP contribution in [0.15, 0.2) is 36.4 Å². The Labute approximate surface area is 182 Å². The molecular weight excluding hydrogens is 404 g/mol. The summed E-state index contributed by atoms with van der Waals surface area (Å²) in [7, 11) is 5.01. The number of hydrogen-bond donors (Lipinski definition) is 0. The molecule has 6 nitrogen and oxygen atoms in total. The van der Waals surface area contributed by atoms with E-state index in [1.807, 2.05) is 18.2 Å². The first kappa shape index (κ1) is 22.0. The van der Waals surface area contributed by atoms with Crippen LogP contribution in [0.4, 0.5) is 5.69 Å². The van der Waals surface area contributed by atoms with Gasteiger partial charge in [0, 0.05) is 32.1 Å². The molecule has 1 aliphatic heterocycles. The molecule has 0 bridgehead atoms. The maximum absolute atomic E-state index is 12.9. The summed E-state index contributed by atoms with van der Waals surface area (Å²) in [6.45, 7) is 1.24. The number of amides is 2. The lowest BCUT2D eigenvalue weighted by Gasteiger charge is -2.21. The van der Waals surface area contributed by atoms with Crippen LogP contribution in [0.5, 0.6) is 11.5 Å². The maximum Gasteiger partial charge on any atom is 0.253 e. The van der Waals surface area contributed by atoms with Gasteiger partial charge in [-0.15, -0.1) is 0 Å². The van der Waals surface area contributed by atoms with E-state index in [-0.39, 0.29) is 11.8 Å². The lowest BCUT2D eigenvalue weighted by Crippen LogP contribution is -2.29. The summed E-state index contributed by atoms with van der Waals surface area (Å²) in [5.41, 5.74) is 2.27. The van der Waals surface area contributed by atoms with Crippen molar-refractivity contribution in [2.24, 2.45) is 0 Å². The van der Waals surface area contributed by atoms with E-state index in [0.717, 1.165) is 24.8 Å². The number of nitrogens with zero attached hydrogens (tertiary/aromatic N) is 2. The van der Waals surface area contributed by atoms with Crippen molar-refractivity contribution in [1.29, 1.82) is 0 Å². The number of methoxy groups -OCH3 is 2. The van der Waals surface area contributed by atoms with E-state index in [2.05, 4.69) is 0 Å². The summed E-state index contributed by atoms with van der Waals surface area (Å²) in [6.07, 6.45) is 2.95. The van der Waals surface area contributed by atoms with Crippen molar-refractivity contribution >= 4 is 29.1 Å². The van der Waals surface area contributed by atoms with Gasteiger partial charge in [0.1, 0.15) is 0 Å². The van der Waals surface area contributed by atoms with E-state index in [4.69, 9.17) is 21.1 Å². The number of anilines is 1. The van der Waals surface area contributed by atoms with Crippen LogP contribution >= 0.6 is 11.6 Å². The van der Waals surface area contributed by atoms with Crippen LogP contribution in [0.1, 0.15) is 35.2 Å². The Kier molecular flexibility index (Phi) is 7.21. The molecule has 3 rings (SSSR count). The number of halogens is 1. The maximum atomic E-state index is 12.9. The smallest absolute Gasteiger partial charge is 0.253 e. The third-order valence-corrected chi connectivity index (χ3v) is 5.63. The number of carbonyl (C=O) groups excluding carboxylic acids is 2. The van der Waals surface area contributed by atoms with Gasteiger partial charge in [-0.25, -0.2) is 0 Å². The van der Waals surface area contributed by atoms with Crippen molar-refractivity contribution in [2.75, 3.05) is 39.3 Å². The Bertz CT molecular complexity index is 931. The second kappa shape index (κ2) is 9.85. The third-order valence-electron chi connectivity index (χ3n) is 5.31. The van der Waals surface area contributed by atoms with Gasteiger partial charge in [-0.2, -0.15) is 0 Å². The van der Waals surface area contributed by atoms with Gasteiger partial charge in [-0.3, -0.25) is 9.59 Å². The molecule has 30 heavy (non-hydrogen) atoms. The number of ether oxygens (including phenoxy) is 2. The fourth-order valence-electron chi connectivity index (χ4n) is 3.63. The quantitative estimate of drug-likeness (QED) is 0.630. The van der Waals surface area contributed by atoms with E-state index in [0.29, 0.717) is 47.3 Å². The number of aryl methyl sites for hydroxylation is 1. The van der Waals surface area contributed by atoms with Crippen molar-refractivity contribution in [2.45, 2.75) is 25.7 Å². The lowest BCUT2D eigenvalue weighted by molar-refractivity contribution is -0.117. The Morgan fingerprint density at radius 1 is 1.13 bits per heavy atom. The topological polar surface area (TPSA) is 59.1 Å². The van der Waals surface area contributed by atoms with Gasteiger partial charge >= 0.3 is 0 Å². The lowest BCUT2D eigenvalue weighted by atomic mass is 10.1. The molecule has 2 amide bonds. The minimum absolute atomic E-state index is 0.0461. The fraction of sp³-hybridized carbons (Fsp3) is 0.391. The molecule has 0 N–H and O–H groups in total. The van der Waals surface area contributed by atoms with Gasteiger partial charge in [-0.1, -0.05) is 17.7 Å². The van der Waals surface area contributed by atoms with E-state index < -0.39 is 0 Å². The van der Waals surface area contributed by atoms with Crippen molar-refractivity contribution < 1.29 is 19.1 Å². The van der Waals surface area contributed by atoms with Crippen LogP contribution < -0.4 is 14.4 Å². The SMILES string of the molecule is COc1ccc(CCCN(C)C(=O)c2ccc(Cl)c(N3CCCC3=O)c2)cc1OC. The molecular formula is C23H27ClN2O4. The van der Waals surface area contributed by atoms with Crippen LogP contribution in [0.2, 0.25) is 5.02 Å². The summed E-state index contributed by atoms with van der Waals surface area (Å²) in [5.74, 6) is 1.35.